The molecule has 0 saturated carbocycles. The smallest absolute Gasteiger partial charge is 0.123 e. The van der Waals surface area contributed by atoms with Crippen molar-refractivity contribution in [2.24, 2.45) is 0 Å². The average molecular weight is 250 g/mol. The van der Waals surface area contributed by atoms with Crippen LogP contribution in [-0.2, 0) is 5.41 Å². The van der Waals surface area contributed by atoms with Crippen LogP contribution in [0, 0.1) is 0 Å². The van der Waals surface area contributed by atoms with Gasteiger partial charge in [0.1, 0.15) is 5.75 Å². The molecular formula is C16H26O2. The summed E-state index contributed by atoms with van der Waals surface area (Å²) in [6, 6.07) is 6.02. The maximum atomic E-state index is 9.95. The monoisotopic (exact) mass is 250 g/mol. The average Bonchev–Trinajstić information content (AvgIpc) is 2.26. The second-order valence-corrected chi connectivity index (χ2v) is 6.10. The zero-order chi connectivity index (χ0) is 13.9. The van der Waals surface area contributed by atoms with Gasteiger partial charge in [0.25, 0.3) is 0 Å². The van der Waals surface area contributed by atoms with Crippen molar-refractivity contribution in [3.63, 3.8) is 0 Å². The molecule has 1 aromatic carbocycles. The minimum Gasteiger partial charge on any atom is -0.491 e. The molecule has 0 aliphatic heterocycles. The van der Waals surface area contributed by atoms with E-state index in [1.807, 2.05) is 32.9 Å². The zero-order valence-electron chi connectivity index (χ0n) is 12.4. The summed E-state index contributed by atoms with van der Waals surface area (Å²) < 4.78 is 5.86. The summed E-state index contributed by atoms with van der Waals surface area (Å²) in [5, 5.41) is 9.95. The Kier molecular flexibility index (Phi) is 4.80. The summed E-state index contributed by atoms with van der Waals surface area (Å²) >= 11 is 0. The normalized spacial score (nSPS) is 13.8. The lowest BCUT2D eigenvalue weighted by Crippen LogP contribution is -2.16. The highest BCUT2D eigenvalue weighted by Gasteiger charge is 2.21. The number of aliphatic hydroxyl groups is 1. The van der Waals surface area contributed by atoms with E-state index in [9.17, 15) is 5.11 Å². The van der Waals surface area contributed by atoms with Gasteiger partial charge in [-0.1, -0.05) is 33.8 Å². The zero-order valence-corrected chi connectivity index (χ0v) is 12.4. The van der Waals surface area contributed by atoms with E-state index >= 15 is 0 Å². The molecule has 1 N–H and O–H groups in total. The van der Waals surface area contributed by atoms with Crippen LogP contribution < -0.4 is 4.74 Å². The minimum atomic E-state index is -0.390. The summed E-state index contributed by atoms with van der Waals surface area (Å²) in [7, 11) is 0. The van der Waals surface area contributed by atoms with E-state index in [4.69, 9.17) is 4.74 Å². The third-order valence-electron chi connectivity index (χ3n) is 2.95. The van der Waals surface area contributed by atoms with E-state index in [0.717, 1.165) is 23.3 Å². The molecule has 102 valence electrons. The number of hydrogen-bond acceptors (Lipinski definition) is 2. The molecule has 0 amide bonds. The van der Waals surface area contributed by atoms with Gasteiger partial charge in [0.15, 0.2) is 0 Å². The van der Waals surface area contributed by atoms with Crippen molar-refractivity contribution < 1.29 is 9.84 Å². The molecule has 0 bridgehead atoms. The van der Waals surface area contributed by atoms with Crippen LogP contribution in [0.5, 0.6) is 5.75 Å². The van der Waals surface area contributed by atoms with Gasteiger partial charge in [-0.25, -0.2) is 0 Å². The van der Waals surface area contributed by atoms with Crippen LogP contribution in [0.4, 0.5) is 0 Å². The first kappa shape index (κ1) is 15.0. The lowest BCUT2D eigenvalue weighted by molar-refractivity contribution is 0.173. The molecule has 1 atom stereocenters. The van der Waals surface area contributed by atoms with E-state index < -0.39 is 0 Å². The molecule has 1 unspecified atom stereocenters. The van der Waals surface area contributed by atoms with Gasteiger partial charge < -0.3 is 9.84 Å². The lowest BCUT2D eigenvalue weighted by Gasteiger charge is -2.25. The van der Waals surface area contributed by atoms with Crippen molar-refractivity contribution in [2.75, 3.05) is 0 Å². The van der Waals surface area contributed by atoms with Gasteiger partial charge in [0, 0.05) is 0 Å². The van der Waals surface area contributed by atoms with Crippen molar-refractivity contribution in [1.82, 2.24) is 0 Å². The summed E-state index contributed by atoms with van der Waals surface area (Å²) in [5.74, 6) is 0.921. The van der Waals surface area contributed by atoms with E-state index in [2.05, 4.69) is 26.8 Å². The van der Waals surface area contributed by atoms with E-state index in [1.54, 1.807) is 0 Å². The van der Waals surface area contributed by atoms with Crippen molar-refractivity contribution in [2.45, 2.75) is 65.6 Å². The van der Waals surface area contributed by atoms with Crippen molar-refractivity contribution in [3.05, 3.63) is 29.3 Å². The van der Waals surface area contributed by atoms with E-state index in [-0.39, 0.29) is 17.6 Å². The fourth-order valence-corrected chi connectivity index (χ4v) is 1.93. The lowest BCUT2D eigenvalue weighted by atomic mass is 9.84. The molecule has 1 rings (SSSR count). The largest absolute Gasteiger partial charge is 0.491 e. The summed E-state index contributed by atoms with van der Waals surface area (Å²) in [6.45, 7) is 12.5. The molecule has 0 fully saturated rings. The Labute approximate surface area is 111 Å². The van der Waals surface area contributed by atoms with Gasteiger partial charge in [0.2, 0.25) is 0 Å². The van der Waals surface area contributed by atoms with Crippen LogP contribution in [-0.4, -0.2) is 11.2 Å². The van der Waals surface area contributed by atoms with E-state index in [0.29, 0.717) is 0 Å². The molecule has 2 nitrogen and oxygen atoms in total. The quantitative estimate of drug-likeness (QED) is 0.867. The molecule has 0 radical (unpaired) electrons. The Balaban J connectivity index is 3.21. The van der Waals surface area contributed by atoms with Crippen molar-refractivity contribution in [3.8, 4) is 5.75 Å². The number of aliphatic hydroxyl groups excluding tert-OH is 1. The fraction of sp³-hybridized carbons (Fsp3) is 0.625. The third kappa shape index (κ3) is 3.74. The van der Waals surface area contributed by atoms with Crippen molar-refractivity contribution in [1.29, 1.82) is 0 Å². The Morgan fingerprint density at radius 1 is 1.22 bits per heavy atom. The Morgan fingerprint density at radius 2 is 1.83 bits per heavy atom. The van der Waals surface area contributed by atoms with Gasteiger partial charge >= 0.3 is 0 Å². The highest BCUT2D eigenvalue weighted by molar-refractivity contribution is 5.42. The Bertz CT molecular complexity index is 389. The molecule has 0 aliphatic carbocycles. The number of benzene rings is 1. The molecule has 18 heavy (non-hydrogen) atoms. The minimum absolute atomic E-state index is 0.00763. The molecule has 0 aromatic heterocycles. The first-order valence-electron chi connectivity index (χ1n) is 6.74. The first-order chi connectivity index (χ1) is 8.25. The van der Waals surface area contributed by atoms with Crippen LogP contribution in [0.3, 0.4) is 0 Å². The number of rotatable bonds is 4. The highest BCUT2D eigenvalue weighted by atomic mass is 16.5. The summed E-state index contributed by atoms with van der Waals surface area (Å²) in [5.41, 5.74) is 2.13. The Hall–Kier alpha value is -1.02. The van der Waals surface area contributed by atoms with Crippen LogP contribution in [0.25, 0.3) is 0 Å². The van der Waals surface area contributed by atoms with Crippen molar-refractivity contribution >= 4 is 0 Å². The SMILES string of the molecule is CCC(O)c1ccc(OC(C)C)c(C(C)(C)C)c1. The van der Waals surface area contributed by atoms with Gasteiger partial charge in [-0.05, 0) is 48.9 Å². The molecule has 0 saturated heterocycles. The molecular weight excluding hydrogens is 224 g/mol. The molecule has 0 aliphatic rings. The summed E-state index contributed by atoms with van der Waals surface area (Å²) in [4.78, 5) is 0. The number of ether oxygens (including phenoxy) is 1. The maximum absolute atomic E-state index is 9.95. The Morgan fingerprint density at radius 3 is 2.28 bits per heavy atom. The van der Waals surface area contributed by atoms with Crippen LogP contribution >= 0.6 is 0 Å². The molecule has 0 spiro atoms. The summed E-state index contributed by atoms with van der Waals surface area (Å²) in [6.07, 6.45) is 0.501. The van der Waals surface area contributed by atoms with Crippen LogP contribution in [0.2, 0.25) is 0 Å². The molecule has 1 aromatic rings. The predicted molar refractivity (Wildman–Crippen MR) is 76.2 cm³/mol. The first-order valence-corrected chi connectivity index (χ1v) is 6.74. The van der Waals surface area contributed by atoms with Gasteiger partial charge in [-0.15, -0.1) is 0 Å². The van der Waals surface area contributed by atoms with E-state index in [1.165, 1.54) is 0 Å². The molecule has 2 heteroatoms. The van der Waals surface area contributed by atoms with Crippen LogP contribution in [0.15, 0.2) is 18.2 Å². The van der Waals surface area contributed by atoms with Gasteiger partial charge in [0.05, 0.1) is 12.2 Å². The predicted octanol–water partition coefficient (Wildman–Crippen LogP) is 4.21. The standard InChI is InChI=1S/C16H26O2/c1-7-14(17)12-8-9-15(18-11(2)3)13(10-12)16(4,5)6/h8-11,14,17H,7H2,1-6H3. The second-order valence-electron chi connectivity index (χ2n) is 6.10. The van der Waals surface area contributed by atoms with Crippen LogP contribution in [0.1, 0.15) is 65.2 Å². The highest BCUT2D eigenvalue weighted by Crippen LogP contribution is 2.34. The van der Waals surface area contributed by atoms with Gasteiger partial charge in [-0.3, -0.25) is 0 Å². The topological polar surface area (TPSA) is 29.5 Å². The second kappa shape index (κ2) is 5.75. The number of hydrogen-bond donors (Lipinski definition) is 1. The third-order valence-corrected chi connectivity index (χ3v) is 2.95. The molecule has 0 heterocycles. The van der Waals surface area contributed by atoms with Gasteiger partial charge in [-0.2, -0.15) is 0 Å². The fourth-order valence-electron chi connectivity index (χ4n) is 1.93. The maximum Gasteiger partial charge on any atom is 0.123 e.